The third-order valence-electron chi connectivity index (χ3n) is 3.55. The predicted octanol–water partition coefficient (Wildman–Crippen LogP) is 2.25. The van der Waals surface area contributed by atoms with E-state index in [-0.39, 0.29) is 11.5 Å². The zero-order chi connectivity index (χ0) is 14.0. The van der Waals surface area contributed by atoms with Gasteiger partial charge >= 0.3 is 0 Å². The van der Waals surface area contributed by atoms with E-state index < -0.39 is 0 Å². The van der Waals surface area contributed by atoms with E-state index in [0.29, 0.717) is 0 Å². The Morgan fingerprint density at radius 2 is 2.16 bits per heavy atom. The van der Waals surface area contributed by atoms with Crippen LogP contribution in [0.2, 0.25) is 0 Å². The lowest BCUT2D eigenvalue weighted by Crippen LogP contribution is -2.28. The molecule has 0 fully saturated rings. The smallest absolute Gasteiger partial charge is 0.114 e. The minimum absolute atomic E-state index is 0.0727. The van der Waals surface area contributed by atoms with Gasteiger partial charge in [0.1, 0.15) is 5.82 Å². The summed E-state index contributed by atoms with van der Waals surface area (Å²) in [6, 6.07) is 0. The quantitative estimate of drug-likeness (QED) is 0.907. The minimum atomic E-state index is 0.0727. The van der Waals surface area contributed by atoms with Gasteiger partial charge in [-0.2, -0.15) is 0 Å². The normalized spacial score (nSPS) is 17.3. The number of ether oxygens (including phenoxy) is 1. The van der Waals surface area contributed by atoms with Crippen LogP contribution in [0, 0.1) is 0 Å². The van der Waals surface area contributed by atoms with Crippen LogP contribution in [0.1, 0.15) is 51.8 Å². The van der Waals surface area contributed by atoms with Crippen LogP contribution in [0.4, 0.5) is 0 Å². The Morgan fingerprint density at radius 1 is 1.42 bits per heavy atom. The Balaban J connectivity index is 2.35. The van der Waals surface area contributed by atoms with Gasteiger partial charge in [0.05, 0.1) is 18.3 Å². The van der Waals surface area contributed by atoms with Crippen molar-refractivity contribution in [3.05, 3.63) is 17.2 Å². The SMILES string of the molecule is CCOC(C)Cn1c(C(C)(C)C)nc2c1CCNC2. The first-order valence-corrected chi connectivity index (χ1v) is 7.34. The van der Waals surface area contributed by atoms with Gasteiger partial charge in [-0.15, -0.1) is 0 Å². The van der Waals surface area contributed by atoms with E-state index in [4.69, 9.17) is 9.72 Å². The molecule has 0 bridgehead atoms. The Kier molecular flexibility index (Phi) is 4.31. The van der Waals surface area contributed by atoms with Crippen LogP contribution in [-0.4, -0.2) is 28.8 Å². The first-order valence-electron chi connectivity index (χ1n) is 7.34. The van der Waals surface area contributed by atoms with Crippen molar-refractivity contribution >= 4 is 0 Å². The van der Waals surface area contributed by atoms with Gasteiger partial charge in [0.25, 0.3) is 0 Å². The summed E-state index contributed by atoms with van der Waals surface area (Å²) in [6.45, 7) is 14.5. The number of rotatable bonds is 4. The Bertz CT molecular complexity index is 431. The maximum absolute atomic E-state index is 5.71. The molecule has 4 heteroatoms. The van der Waals surface area contributed by atoms with Crippen molar-refractivity contribution in [2.45, 2.75) is 65.6 Å². The van der Waals surface area contributed by atoms with E-state index in [2.05, 4.69) is 44.5 Å². The molecule has 1 aliphatic heterocycles. The van der Waals surface area contributed by atoms with Crippen LogP contribution >= 0.6 is 0 Å². The fourth-order valence-corrected chi connectivity index (χ4v) is 2.73. The molecule has 1 atom stereocenters. The lowest BCUT2D eigenvalue weighted by molar-refractivity contribution is 0.0622. The monoisotopic (exact) mass is 265 g/mol. The Morgan fingerprint density at radius 3 is 2.79 bits per heavy atom. The number of hydrogen-bond donors (Lipinski definition) is 1. The average Bonchev–Trinajstić information content (AvgIpc) is 2.69. The lowest BCUT2D eigenvalue weighted by atomic mass is 9.95. The third-order valence-corrected chi connectivity index (χ3v) is 3.55. The number of imidazole rings is 1. The standard InChI is InChI=1S/C15H27N3O/c1-6-19-11(2)10-18-13-7-8-16-9-12(13)17-14(18)15(3,4)5/h11,16H,6-10H2,1-5H3. The number of nitrogens with zero attached hydrogens (tertiary/aromatic N) is 2. The zero-order valence-corrected chi connectivity index (χ0v) is 12.9. The molecular weight excluding hydrogens is 238 g/mol. The molecule has 0 amide bonds. The topological polar surface area (TPSA) is 39.1 Å². The van der Waals surface area contributed by atoms with Gasteiger partial charge in [0.2, 0.25) is 0 Å². The zero-order valence-electron chi connectivity index (χ0n) is 12.9. The summed E-state index contributed by atoms with van der Waals surface area (Å²) in [7, 11) is 0. The number of hydrogen-bond acceptors (Lipinski definition) is 3. The summed E-state index contributed by atoms with van der Waals surface area (Å²) in [4.78, 5) is 4.88. The summed E-state index contributed by atoms with van der Waals surface area (Å²) >= 11 is 0. The van der Waals surface area contributed by atoms with Crippen molar-refractivity contribution in [3.8, 4) is 0 Å². The Hall–Kier alpha value is -0.870. The van der Waals surface area contributed by atoms with Crippen molar-refractivity contribution in [1.29, 1.82) is 0 Å². The van der Waals surface area contributed by atoms with E-state index in [1.165, 1.54) is 17.2 Å². The summed E-state index contributed by atoms with van der Waals surface area (Å²) in [5.41, 5.74) is 2.69. The highest BCUT2D eigenvalue weighted by molar-refractivity contribution is 5.23. The van der Waals surface area contributed by atoms with Gasteiger partial charge in [0.15, 0.2) is 0 Å². The van der Waals surface area contributed by atoms with E-state index >= 15 is 0 Å². The van der Waals surface area contributed by atoms with Crippen LogP contribution in [-0.2, 0) is 29.7 Å². The summed E-state index contributed by atoms with van der Waals surface area (Å²) in [5, 5.41) is 3.40. The molecule has 1 aromatic rings. The minimum Gasteiger partial charge on any atom is -0.377 e. The van der Waals surface area contributed by atoms with Crippen LogP contribution < -0.4 is 5.32 Å². The first kappa shape index (κ1) is 14.5. The molecule has 1 aliphatic rings. The summed E-state index contributed by atoms with van der Waals surface area (Å²) in [5.74, 6) is 1.19. The van der Waals surface area contributed by atoms with Gasteiger partial charge in [-0.25, -0.2) is 4.98 Å². The van der Waals surface area contributed by atoms with E-state index in [1.807, 2.05) is 0 Å². The highest BCUT2D eigenvalue weighted by atomic mass is 16.5. The molecule has 19 heavy (non-hydrogen) atoms. The molecule has 0 radical (unpaired) electrons. The average molecular weight is 265 g/mol. The first-order chi connectivity index (χ1) is 8.93. The van der Waals surface area contributed by atoms with Crippen LogP contribution in [0.3, 0.4) is 0 Å². The molecular formula is C15H27N3O. The summed E-state index contributed by atoms with van der Waals surface area (Å²) < 4.78 is 8.11. The predicted molar refractivity (Wildman–Crippen MR) is 77.4 cm³/mol. The van der Waals surface area contributed by atoms with Crippen LogP contribution in [0.5, 0.6) is 0 Å². The number of fused-ring (bicyclic) bond motifs is 1. The Labute approximate surface area is 116 Å². The molecule has 4 nitrogen and oxygen atoms in total. The second-order valence-corrected chi connectivity index (χ2v) is 6.38. The molecule has 2 heterocycles. The van der Waals surface area contributed by atoms with Crippen molar-refractivity contribution in [1.82, 2.24) is 14.9 Å². The van der Waals surface area contributed by atoms with Crippen LogP contribution in [0.25, 0.3) is 0 Å². The van der Waals surface area contributed by atoms with Gasteiger partial charge in [-0.05, 0) is 13.8 Å². The molecule has 0 saturated heterocycles. The molecule has 108 valence electrons. The molecule has 2 rings (SSSR count). The van der Waals surface area contributed by atoms with Gasteiger partial charge < -0.3 is 14.6 Å². The molecule has 0 saturated carbocycles. The number of nitrogens with one attached hydrogen (secondary N) is 1. The highest BCUT2D eigenvalue weighted by Crippen LogP contribution is 2.26. The molecule has 0 spiro atoms. The molecule has 0 aromatic carbocycles. The molecule has 1 N–H and O–H groups in total. The van der Waals surface area contributed by atoms with Gasteiger partial charge in [0, 0.05) is 37.2 Å². The van der Waals surface area contributed by atoms with E-state index in [1.54, 1.807) is 0 Å². The van der Waals surface area contributed by atoms with E-state index in [0.717, 1.165) is 32.7 Å². The second kappa shape index (κ2) is 5.63. The van der Waals surface area contributed by atoms with E-state index in [9.17, 15) is 0 Å². The highest BCUT2D eigenvalue weighted by Gasteiger charge is 2.27. The van der Waals surface area contributed by atoms with Crippen molar-refractivity contribution < 1.29 is 4.74 Å². The maximum Gasteiger partial charge on any atom is 0.114 e. The molecule has 0 aliphatic carbocycles. The largest absolute Gasteiger partial charge is 0.377 e. The summed E-state index contributed by atoms with van der Waals surface area (Å²) in [6.07, 6.45) is 1.30. The number of aromatic nitrogens is 2. The molecule has 1 unspecified atom stereocenters. The fourth-order valence-electron chi connectivity index (χ4n) is 2.73. The lowest BCUT2D eigenvalue weighted by Gasteiger charge is -2.24. The fraction of sp³-hybridized carbons (Fsp3) is 0.800. The van der Waals surface area contributed by atoms with Crippen molar-refractivity contribution in [2.24, 2.45) is 0 Å². The van der Waals surface area contributed by atoms with Crippen molar-refractivity contribution in [2.75, 3.05) is 13.2 Å². The maximum atomic E-state index is 5.71. The van der Waals surface area contributed by atoms with Crippen molar-refractivity contribution in [3.63, 3.8) is 0 Å². The second-order valence-electron chi connectivity index (χ2n) is 6.38. The van der Waals surface area contributed by atoms with Gasteiger partial charge in [-0.1, -0.05) is 20.8 Å². The van der Waals surface area contributed by atoms with Gasteiger partial charge in [-0.3, -0.25) is 0 Å². The van der Waals surface area contributed by atoms with Crippen LogP contribution in [0.15, 0.2) is 0 Å². The molecule has 1 aromatic heterocycles. The third kappa shape index (κ3) is 3.18.